The van der Waals surface area contributed by atoms with Gasteiger partial charge in [-0.1, -0.05) is 25.2 Å². The van der Waals surface area contributed by atoms with Crippen LogP contribution in [0.5, 0.6) is 0 Å². The summed E-state index contributed by atoms with van der Waals surface area (Å²) < 4.78 is 0. The van der Waals surface area contributed by atoms with E-state index in [1.807, 2.05) is 6.08 Å². The molecule has 0 aromatic carbocycles. The van der Waals surface area contributed by atoms with Crippen molar-refractivity contribution in [2.45, 2.75) is 32.6 Å². The highest BCUT2D eigenvalue weighted by Crippen LogP contribution is 1.95. The van der Waals surface area contributed by atoms with Gasteiger partial charge in [-0.2, -0.15) is 0 Å². The highest BCUT2D eigenvalue weighted by molar-refractivity contribution is 4.84. The van der Waals surface area contributed by atoms with Crippen LogP contribution in [0.3, 0.4) is 0 Å². The molecule has 0 unspecified atom stereocenters. The number of allylic oxidation sites excluding steroid dienone is 2. The zero-order valence-electron chi connectivity index (χ0n) is 8.18. The Hall–Kier alpha value is -0.560. The molecular formula is C11H21N. The van der Waals surface area contributed by atoms with Gasteiger partial charge in [-0.25, -0.2) is 0 Å². The first-order valence-electron chi connectivity index (χ1n) is 4.88. The lowest BCUT2D eigenvalue weighted by atomic mass is 10.2. The van der Waals surface area contributed by atoms with Crippen molar-refractivity contribution in [2.75, 3.05) is 13.1 Å². The summed E-state index contributed by atoms with van der Waals surface area (Å²) in [6.07, 6.45) is 11.2. The molecule has 0 aromatic heterocycles. The number of unbranched alkanes of at least 4 members (excludes halogenated alkanes) is 2. The summed E-state index contributed by atoms with van der Waals surface area (Å²) in [7, 11) is 0. The Labute approximate surface area is 76.6 Å². The summed E-state index contributed by atoms with van der Waals surface area (Å²) in [5.74, 6) is 0. The zero-order chi connectivity index (χ0) is 9.07. The molecule has 0 spiro atoms. The lowest BCUT2D eigenvalue weighted by Gasteiger charge is -1.95. The molecule has 0 aromatic rings. The molecule has 70 valence electrons. The van der Waals surface area contributed by atoms with Crippen LogP contribution in [-0.2, 0) is 0 Å². The highest BCUT2D eigenvalue weighted by atomic mass is 14.8. The second-order valence-electron chi connectivity index (χ2n) is 2.90. The Morgan fingerprint density at radius 1 is 1.25 bits per heavy atom. The van der Waals surface area contributed by atoms with Crippen molar-refractivity contribution in [1.29, 1.82) is 0 Å². The Morgan fingerprint density at radius 2 is 2.08 bits per heavy atom. The molecule has 1 N–H and O–H groups in total. The van der Waals surface area contributed by atoms with Crippen molar-refractivity contribution in [2.24, 2.45) is 0 Å². The van der Waals surface area contributed by atoms with E-state index in [-0.39, 0.29) is 0 Å². The first-order chi connectivity index (χ1) is 5.91. The van der Waals surface area contributed by atoms with Gasteiger partial charge in [0.1, 0.15) is 0 Å². The molecule has 0 heterocycles. The van der Waals surface area contributed by atoms with Crippen LogP contribution in [0.25, 0.3) is 0 Å². The summed E-state index contributed by atoms with van der Waals surface area (Å²) in [6, 6.07) is 0. The van der Waals surface area contributed by atoms with Gasteiger partial charge in [-0.15, -0.1) is 6.58 Å². The van der Waals surface area contributed by atoms with Gasteiger partial charge in [0, 0.05) is 6.54 Å². The van der Waals surface area contributed by atoms with Crippen LogP contribution in [0.2, 0.25) is 0 Å². The first-order valence-corrected chi connectivity index (χ1v) is 4.88. The van der Waals surface area contributed by atoms with Crippen molar-refractivity contribution in [3.63, 3.8) is 0 Å². The van der Waals surface area contributed by atoms with E-state index in [0.717, 1.165) is 19.5 Å². The minimum Gasteiger partial charge on any atom is -0.313 e. The van der Waals surface area contributed by atoms with Gasteiger partial charge < -0.3 is 5.32 Å². The third-order valence-corrected chi connectivity index (χ3v) is 1.63. The fraction of sp³-hybridized carbons (Fsp3) is 0.636. The van der Waals surface area contributed by atoms with E-state index in [1.54, 1.807) is 0 Å². The lowest BCUT2D eigenvalue weighted by Crippen LogP contribution is -2.13. The van der Waals surface area contributed by atoms with E-state index in [2.05, 4.69) is 31.0 Å². The maximum Gasteiger partial charge on any atom is 0.0134 e. The fourth-order valence-electron chi connectivity index (χ4n) is 0.943. The van der Waals surface area contributed by atoms with E-state index in [4.69, 9.17) is 0 Å². The summed E-state index contributed by atoms with van der Waals surface area (Å²) in [5.41, 5.74) is 0. The fourth-order valence-corrected chi connectivity index (χ4v) is 0.943. The van der Waals surface area contributed by atoms with Gasteiger partial charge in [-0.05, 0) is 32.2 Å². The topological polar surface area (TPSA) is 12.0 Å². The molecular weight excluding hydrogens is 146 g/mol. The number of rotatable bonds is 8. The van der Waals surface area contributed by atoms with Gasteiger partial charge in [-0.3, -0.25) is 0 Å². The Morgan fingerprint density at radius 3 is 2.75 bits per heavy atom. The molecule has 12 heavy (non-hydrogen) atoms. The molecule has 0 fully saturated rings. The molecule has 0 saturated carbocycles. The third kappa shape index (κ3) is 9.44. The van der Waals surface area contributed by atoms with Crippen LogP contribution in [0, 0.1) is 0 Å². The van der Waals surface area contributed by atoms with Crippen molar-refractivity contribution >= 4 is 0 Å². The van der Waals surface area contributed by atoms with E-state index in [0.29, 0.717) is 0 Å². The van der Waals surface area contributed by atoms with Crippen LogP contribution in [-0.4, -0.2) is 13.1 Å². The average molecular weight is 167 g/mol. The first kappa shape index (κ1) is 11.4. The molecule has 0 bridgehead atoms. The van der Waals surface area contributed by atoms with Crippen LogP contribution in [0.15, 0.2) is 24.8 Å². The van der Waals surface area contributed by atoms with Crippen LogP contribution < -0.4 is 5.32 Å². The van der Waals surface area contributed by atoms with E-state index in [1.165, 1.54) is 19.3 Å². The Balaban J connectivity index is 2.98. The molecule has 0 aliphatic carbocycles. The summed E-state index contributed by atoms with van der Waals surface area (Å²) in [4.78, 5) is 0. The molecule has 0 aliphatic heterocycles. The molecule has 1 nitrogen and oxygen atoms in total. The van der Waals surface area contributed by atoms with Crippen molar-refractivity contribution in [3.05, 3.63) is 24.8 Å². The number of hydrogen-bond donors (Lipinski definition) is 1. The second kappa shape index (κ2) is 10.4. The quantitative estimate of drug-likeness (QED) is 0.433. The zero-order valence-corrected chi connectivity index (χ0v) is 8.18. The molecule has 1 heteroatoms. The molecule has 0 rings (SSSR count). The SMILES string of the molecule is C=CCCCC=CCNCCC. The van der Waals surface area contributed by atoms with Crippen molar-refractivity contribution < 1.29 is 0 Å². The monoisotopic (exact) mass is 167 g/mol. The molecule has 0 saturated heterocycles. The average Bonchev–Trinajstić information content (AvgIpc) is 2.10. The third-order valence-electron chi connectivity index (χ3n) is 1.63. The van der Waals surface area contributed by atoms with Crippen LogP contribution in [0.4, 0.5) is 0 Å². The second-order valence-corrected chi connectivity index (χ2v) is 2.90. The highest BCUT2D eigenvalue weighted by Gasteiger charge is 1.80. The van der Waals surface area contributed by atoms with E-state index < -0.39 is 0 Å². The lowest BCUT2D eigenvalue weighted by molar-refractivity contribution is 0.727. The predicted octanol–water partition coefficient (Wildman–Crippen LogP) is 2.90. The normalized spacial score (nSPS) is 10.8. The molecule has 0 aliphatic rings. The van der Waals surface area contributed by atoms with E-state index in [9.17, 15) is 0 Å². The Bertz CT molecular complexity index is 116. The molecule has 0 radical (unpaired) electrons. The van der Waals surface area contributed by atoms with Crippen LogP contribution >= 0.6 is 0 Å². The van der Waals surface area contributed by atoms with Gasteiger partial charge in [0.25, 0.3) is 0 Å². The van der Waals surface area contributed by atoms with Gasteiger partial charge >= 0.3 is 0 Å². The largest absolute Gasteiger partial charge is 0.313 e. The standard InChI is InChI=1S/C11H21N/c1-3-5-6-7-8-9-11-12-10-4-2/h3,8-9,12H,1,4-7,10-11H2,2H3. The summed E-state index contributed by atoms with van der Waals surface area (Å²) in [6.45, 7) is 8.00. The number of hydrogen-bond acceptors (Lipinski definition) is 1. The van der Waals surface area contributed by atoms with Crippen molar-refractivity contribution in [1.82, 2.24) is 5.32 Å². The molecule has 0 amide bonds. The summed E-state index contributed by atoms with van der Waals surface area (Å²) in [5, 5.41) is 3.32. The van der Waals surface area contributed by atoms with Crippen molar-refractivity contribution in [3.8, 4) is 0 Å². The maximum atomic E-state index is 3.68. The predicted molar refractivity (Wildman–Crippen MR) is 56.3 cm³/mol. The maximum absolute atomic E-state index is 3.68. The molecule has 0 atom stereocenters. The van der Waals surface area contributed by atoms with Gasteiger partial charge in [0.2, 0.25) is 0 Å². The minimum atomic E-state index is 1.02. The van der Waals surface area contributed by atoms with Gasteiger partial charge in [0.05, 0.1) is 0 Å². The summed E-state index contributed by atoms with van der Waals surface area (Å²) >= 11 is 0. The number of nitrogens with one attached hydrogen (secondary N) is 1. The minimum absolute atomic E-state index is 1.02. The van der Waals surface area contributed by atoms with Gasteiger partial charge in [0.15, 0.2) is 0 Å². The Kier molecular flexibility index (Phi) is 9.95. The van der Waals surface area contributed by atoms with Crippen LogP contribution in [0.1, 0.15) is 32.6 Å². The van der Waals surface area contributed by atoms with E-state index >= 15 is 0 Å². The smallest absolute Gasteiger partial charge is 0.0134 e.